The molecule has 0 aliphatic heterocycles. The lowest BCUT2D eigenvalue weighted by molar-refractivity contribution is -0.150. The summed E-state index contributed by atoms with van der Waals surface area (Å²) in [7, 11) is 0. The van der Waals surface area contributed by atoms with Crippen LogP contribution in [-0.2, 0) is 62.6 Å². The zero-order valence-electron chi connectivity index (χ0n) is 34.5. The summed E-state index contributed by atoms with van der Waals surface area (Å²) in [5.74, 6) is -3.45. The summed E-state index contributed by atoms with van der Waals surface area (Å²) in [6.07, 6.45) is -2.17. The lowest BCUT2D eigenvalue weighted by Gasteiger charge is -2.24. The number of benzene rings is 3. The molecule has 0 heterocycles. The molecule has 0 aliphatic carbocycles. The Morgan fingerprint density at radius 1 is 0.610 bits per heavy atom. The van der Waals surface area contributed by atoms with E-state index in [2.05, 4.69) is 21.3 Å². The van der Waals surface area contributed by atoms with Crippen LogP contribution in [0.4, 0.5) is 9.59 Å². The number of nitrogens with one attached hydrogen (secondary N) is 4. The normalized spacial score (nSPS) is 12.7. The Morgan fingerprint density at radius 3 is 1.73 bits per heavy atom. The Bertz CT molecular complexity index is 1870. The number of carbonyl (C=O) groups is 7. The molecule has 3 atom stereocenters. The molecule has 318 valence electrons. The molecule has 16 nitrogen and oxygen atoms in total. The topological polar surface area (TPSA) is 214 Å². The van der Waals surface area contributed by atoms with Crippen LogP contribution < -0.4 is 26.0 Å². The van der Waals surface area contributed by atoms with E-state index in [1.54, 1.807) is 90.1 Å². The molecule has 0 radical (unpaired) electrons. The van der Waals surface area contributed by atoms with Gasteiger partial charge in [0.15, 0.2) is 0 Å². The minimum absolute atomic E-state index is 0.0353. The van der Waals surface area contributed by atoms with E-state index in [9.17, 15) is 33.6 Å². The number of ether oxygens (including phenoxy) is 5. The van der Waals surface area contributed by atoms with Crippen LogP contribution in [0.25, 0.3) is 0 Å². The fraction of sp³-hybridized carbons (Fsp3) is 0.419. The first-order valence-corrected chi connectivity index (χ1v) is 19.0. The van der Waals surface area contributed by atoms with Crippen LogP contribution in [0.2, 0.25) is 0 Å². The molecule has 4 N–H and O–H groups in total. The molecule has 0 fully saturated rings. The minimum atomic E-state index is -1.25. The number of hydrogen-bond acceptors (Lipinski definition) is 12. The molecular weight excluding hydrogens is 764 g/mol. The average molecular weight is 819 g/mol. The Kier molecular flexibility index (Phi) is 17.9. The first-order chi connectivity index (χ1) is 27.8. The highest BCUT2D eigenvalue weighted by atomic mass is 16.7. The molecule has 4 amide bonds. The van der Waals surface area contributed by atoms with E-state index in [0.29, 0.717) is 11.1 Å². The minimum Gasteiger partial charge on any atom is -0.461 e. The van der Waals surface area contributed by atoms with Crippen molar-refractivity contribution in [3.63, 3.8) is 0 Å². The molecule has 3 aromatic rings. The molecule has 16 heteroatoms. The van der Waals surface area contributed by atoms with Gasteiger partial charge in [-0.25, -0.2) is 14.4 Å². The summed E-state index contributed by atoms with van der Waals surface area (Å²) >= 11 is 0. The van der Waals surface area contributed by atoms with Gasteiger partial charge in [-0.3, -0.25) is 19.2 Å². The summed E-state index contributed by atoms with van der Waals surface area (Å²) in [5.41, 5.74) is 0.427. The zero-order chi connectivity index (χ0) is 43.6. The van der Waals surface area contributed by atoms with Crippen LogP contribution >= 0.6 is 0 Å². The number of esters is 2. The second-order valence-corrected chi connectivity index (χ2v) is 15.5. The molecule has 3 aromatic carbocycles. The lowest BCUT2D eigenvalue weighted by atomic mass is 10.0. The Morgan fingerprint density at radius 2 is 1.17 bits per heavy atom. The van der Waals surface area contributed by atoms with Crippen LogP contribution in [-0.4, -0.2) is 77.8 Å². The Balaban J connectivity index is 1.60. The van der Waals surface area contributed by atoms with E-state index < -0.39 is 77.8 Å². The summed E-state index contributed by atoms with van der Waals surface area (Å²) in [6.45, 7) is 10.8. The van der Waals surface area contributed by atoms with E-state index in [1.807, 2.05) is 24.3 Å². The molecule has 0 aromatic heterocycles. The van der Waals surface area contributed by atoms with Crippen molar-refractivity contribution in [2.24, 2.45) is 0 Å². The Labute approximate surface area is 344 Å². The number of alkyl carbamates (subject to hydrolysis) is 1. The predicted molar refractivity (Wildman–Crippen MR) is 214 cm³/mol. The van der Waals surface area contributed by atoms with Crippen molar-refractivity contribution >= 4 is 41.9 Å². The molecule has 3 rings (SSSR count). The molecule has 59 heavy (non-hydrogen) atoms. The van der Waals surface area contributed by atoms with Gasteiger partial charge in [-0.05, 0) is 83.7 Å². The standard InChI is InChI=1S/C43H54N4O12/c1-28(45-38(51)34(47-40(53)58-42(2,3)4)24-29-18-20-32(21-19-29)57-41(54)59-43(5,6)7)37(50)44-25-35(48)46-33(39(52)56-27-31-16-12-9-13-17-31)22-23-36(49)55-26-30-14-10-8-11-15-30/h8-21,28,33-34H,22-27H2,1-7H3,(H,44,50)(H,45,51)(H,46,48)(H,47,53). The third-order valence-electron chi connectivity index (χ3n) is 7.86. The summed E-state index contributed by atoms with van der Waals surface area (Å²) in [5, 5.41) is 9.99. The van der Waals surface area contributed by atoms with Crippen molar-refractivity contribution < 1.29 is 57.2 Å². The third-order valence-corrected chi connectivity index (χ3v) is 7.86. The molecule has 3 unspecified atom stereocenters. The van der Waals surface area contributed by atoms with E-state index in [1.165, 1.54) is 19.1 Å². The number of amides is 4. The molecule has 0 spiro atoms. The van der Waals surface area contributed by atoms with Crippen LogP contribution in [0.3, 0.4) is 0 Å². The number of rotatable bonds is 18. The smallest absolute Gasteiger partial charge is 0.461 e. The predicted octanol–water partition coefficient (Wildman–Crippen LogP) is 4.81. The van der Waals surface area contributed by atoms with Gasteiger partial charge in [-0.1, -0.05) is 72.8 Å². The van der Waals surface area contributed by atoms with Gasteiger partial charge < -0.3 is 45.0 Å². The van der Waals surface area contributed by atoms with E-state index in [4.69, 9.17) is 23.7 Å². The second-order valence-electron chi connectivity index (χ2n) is 15.5. The number of hydrogen-bond donors (Lipinski definition) is 4. The van der Waals surface area contributed by atoms with E-state index in [0.717, 1.165) is 5.56 Å². The summed E-state index contributed by atoms with van der Waals surface area (Å²) in [6, 6.07) is 20.4. The van der Waals surface area contributed by atoms with E-state index >= 15 is 0 Å². The average Bonchev–Trinajstić information content (AvgIpc) is 3.16. The molecule has 0 saturated carbocycles. The van der Waals surface area contributed by atoms with Crippen LogP contribution in [0.1, 0.15) is 78.0 Å². The van der Waals surface area contributed by atoms with Crippen molar-refractivity contribution in [1.82, 2.24) is 21.3 Å². The molecule has 0 bridgehead atoms. The summed E-state index contributed by atoms with van der Waals surface area (Å²) < 4.78 is 26.4. The van der Waals surface area contributed by atoms with Crippen LogP contribution in [0, 0.1) is 0 Å². The largest absolute Gasteiger partial charge is 0.514 e. The van der Waals surface area contributed by atoms with Crippen molar-refractivity contribution in [3.8, 4) is 5.75 Å². The van der Waals surface area contributed by atoms with Crippen molar-refractivity contribution in [1.29, 1.82) is 0 Å². The summed E-state index contributed by atoms with van der Waals surface area (Å²) in [4.78, 5) is 89.9. The maximum absolute atomic E-state index is 13.5. The molecular formula is C43H54N4O12. The fourth-order valence-electron chi connectivity index (χ4n) is 5.05. The first kappa shape index (κ1) is 46.9. The maximum Gasteiger partial charge on any atom is 0.514 e. The van der Waals surface area contributed by atoms with Gasteiger partial charge in [0.05, 0.1) is 6.54 Å². The van der Waals surface area contributed by atoms with Crippen LogP contribution in [0.15, 0.2) is 84.9 Å². The monoisotopic (exact) mass is 818 g/mol. The van der Waals surface area contributed by atoms with Crippen molar-refractivity contribution in [2.75, 3.05) is 6.54 Å². The van der Waals surface area contributed by atoms with Crippen LogP contribution in [0.5, 0.6) is 5.75 Å². The molecule has 0 aliphatic rings. The van der Waals surface area contributed by atoms with Crippen molar-refractivity contribution in [2.45, 2.75) is 110 Å². The van der Waals surface area contributed by atoms with Gasteiger partial charge >= 0.3 is 24.2 Å². The van der Waals surface area contributed by atoms with Crippen molar-refractivity contribution in [3.05, 3.63) is 102 Å². The highest BCUT2D eigenvalue weighted by Gasteiger charge is 2.29. The SMILES string of the molecule is CC(NC(=O)C(Cc1ccc(OC(=O)OC(C)(C)C)cc1)NC(=O)OC(C)(C)C)C(=O)NCC(=O)NC(CCC(=O)OCc1ccccc1)C(=O)OCc1ccccc1. The van der Waals surface area contributed by atoms with Gasteiger partial charge in [0.2, 0.25) is 17.7 Å². The Hall–Kier alpha value is -6.45. The second kappa shape index (κ2) is 22.5. The quantitative estimate of drug-likeness (QED) is 0.0774. The van der Waals surface area contributed by atoms with Gasteiger partial charge in [-0.15, -0.1) is 0 Å². The first-order valence-electron chi connectivity index (χ1n) is 19.0. The zero-order valence-corrected chi connectivity index (χ0v) is 34.5. The van der Waals surface area contributed by atoms with Gasteiger partial charge in [-0.2, -0.15) is 0 Å². The van der Waals surface area contributed by atoms with Gasteiger partial charge in [0, 0.05) is 12.8 Å². The highest BCUT2D eigenvalue weighted by molar-refractivity contribution is 5.93. The van der Waals surface area contributed by atoms with Gasteiger partial charge in [0.25, 0.3) is 0 Å². The fourth-order valence-corrected chi connectivity index (χ4v) is 5.05. The van der Waals surface area contributed by atoms with E-state index in [-0.39, 0.29) is 38.2 Å². The molecule has 0 saturated heterocycles. The van der Waals surface area contributed by atoms with Gasteiger partial charge in [0.1, 0.15) is 48.3 Å². The number of carbonyl (C=O) groups excluding carboxylic acids is 7. The maximum atomic E-state index is 13.5. The third kappa shape index (κ3) is 19.0. The lowest BCUT2D eigenvalue weighted by Crippen LogP contribution is -2.55. The highest BCUT2D eigenvalue weighted by Crippen LogP contribution is 2.17.